The molecule has 0 radical (unpaired) electrons. The van der Waals surface area contributed by atoms with Gasteiger partial charge in [0.05, 0.1) is 0 Å². The van der Waals surface area contributed by atoms with Gasteiger partial charge in [-0.15, -0.1) is 0 Å². The van der Waals surface area contributed by atoms with E-state index in [9.17, 15) is 9.59 Å². The van der Waals surface area contributed by atoms with Gasteiger partial charge in [0.25, 0.3) is 0 Å². The molecule has 0 heterocycles. The highest BCUT2D eigenvalue weighted by Gasteiger charge is 2.01. The van der Waals surface area contributed by atoms with Gasteiger partial charge in [0, 0.05) is 12.8 Å². The Kier molecular flexibility index (Phi) is 8.27. The molecule has 0 atom stereocenters. The van der Waals surface area contributed by atoms with E-state index in [-0.39, 0.29) is 12.8 Å². The van der Waals surface area contributed by atoms with Crippen LogP contribution in [0.5, 0.6) is 0 Å². The first-order chi connectivity index (χ1) is 8.58. The van der Waals surface area contributed by atoms with Gasteiger partial charge >= 0.3 is 11.9 Å². The first-order valence-electron chi connectivity index (χ1n) is 6.09. The van der Waals surface area contributed by atoms with Crippen LogP contribution in [-0.2, 0) is 22.4 Å². The van der Waals surface area contributed by atoms with Crippen molar-refractivity contribution in [3.8, 4) is 0 Å². The maximum atomic E-state index is 10.4. The zero-order valence-corrected chi connectivity index (χ0v) is 10.8. The third-order valence-electron chi connectivity index (χ3n) is 2.28. The molecule has 1 rings (SSSR count). The molecule has 0 bridgehead atoms. The smallest absolute Gasteiger partial charge is 0.303 e. The Morgan fingerprint density at radius 1 is 0.833 bits per heavy atom. The van der Waals surface area contributed by atoms with Gasteiger partial charge in [0.15, 0.2) is 0 Å². The molecule has 4 nitrogen and oxygen atoms in total. The molecule has 0 aromatic heterocycles. The molecule has 1 aromatic carbocycles. The maximum absolute atomic E-state index is 10.4. The van der Waals surface area contributed by atoms with Gasteiger partial charge in [-0.1, -0.05) is 38.1 Å². The zero-order chi connectivity index (χ0) is 14.0. The largest absolute Gasteiger partial charge is 0.481 e. The molecule has 0 amide bonds. The van der Waals surface area contributed by atoms with Crippen molar-refractivity contribution in [2.24, 2.45) is 0 Å². The van der Waals surface area contributed by atoms with Crippen LogP contribution in [-0.4, -0.2) is 22.2 Å². The summed E-state index contributed by atoms with van der Waals surface area (Å²) >= 11 is 0. The summed E-state index contributed by atoms with van der Waals surface area (Å²) in [4.78, 5) is 20.7. The van der Waals surface area contributed by atoms with Crippen LogP contribution in [0.2, 0.25) is 0 Å². The Morgan fingerprint density at radius 2 is 1.11 bits per heavy atom. The summed E-state index contributed by atoms with van der Waals surface area (Å²) < 4.78 is 0. The van der Waals surface area contributed by atoms with E-state index in [1.54, 1.807) is 0 Å². The molecule has 0 unspecified atom stereocenters. The number of aryl methyl sites for hydroxylation is 2. The molecule has 0 aliphatic rings. The van der Waals surface area contributed by atoms with E-state index in [1.807, 2.05) is 38.1 Å². The third-order valence-corrected chi connectivity index (χ3v) is 2.28. The van der Waals surface area contributed by atoms with Crippen molar-refractivity contribution in [3.05, 3.63) is 35.4 Å². The summed E-state index contributed by atoms with van der Waals surface area (Å²) in [5.41, 5.74) is 1.92. The van der Waals surface area contributed by atoms with E-state index >= 15 is 0 Å². The number of carboxylic acids is 2. The van der Waals surface area contributed by atoms with Gasteiger partial charge < -0.3 is 10.2 Å². The lowest BCUT2D eigenvalue weighted by molar-refractivity contribution is -0.138. The van der Waals surface area contributed by atoms with E-state index in [2.05, 4.69) is 0 Å². The van der Waals surface area contributed by atoms with Crippen LogP contribution < -0.4 is 0 Å². The number of hydrogen-bond donors (Lipinski definition) is 2. The monoisotopic (exact) mass is 252 g/mol. The average molecular weight is 252 g/mol. The van der Waals surface area contributed by atoms with Crippen LogP contribution in [0, 0.1) is 0 Å². The molecule has 1 aromatic rings. The SMILES string of the molecule is CC.O=C(O)CCc1ccc(CCC(=O)O)cc1. The Labute approximate surface area is 107 Å². The lowest BCUT2D eigenvalue weighted by atomic mass is 10.0. The normalized spacial score (nSPS) is 9.22. The van der Waals surface area contributed by atoms with Gasteiger partial charge in [-0.3, -0.25) is 9.59 Å². The summed E-state index contributed by atoms with van der Waals surface area (Å²) in [6.07, 6.45) is 1.26. The lowest BCUT2D eigenvalue weighted by Crippen LogP contribution is -1.99. The second-order valence-electron chi connectivity index (χ2n) is 3.60. The van der Waals surface area contributed by atoms with E-state index < -0.39 is 11.9 Å². The zero-order valence-electron chi connectivity index (χ0n) is 10.8. The van der Waals surface area contributed by atoms with E-state index in [0.717, 1.165) is 11.1 Å². The van der Waals surface area contributed by atoms with Crippen LogP contribution in [0.3, 0.4) is 0 Å². The van der Waals surface area contributed by atoms with Gasteiger partial charge in [0.2, 0.25) is 0 Å². The summed E-state index contributed by atoms with van der Waals surface area (Å²) in [5.74, 6) is -1.62. The van der Waals surface area contributed by atoms with Crippen molar-refractivity contribution in [2.45, 2.75) is 39.5 Å². The predicted octanol–water partition coefficient (Wildman–Crippen LogP) is 2.75. The Hall–Kier alpha value is -1.84. The number of carboxylic acid groups (broad SMARTS) is 2. The topological polar surface area (TPSA) is 74.6 Å². The molecule has 18 heavy (non-hydrogen) atoms. The molecule has 0 fully saturated rings. The standard InChI is InChI=1S/C12H14O4.C2H6/c13-11(14)7-5-9-1-2-10(4-3-9)6-8-12(15)16;1-2/h1-4H,5-8H2,(H,13,14)(H,15,16);1-2H3. The maximum Gasteiger partial charge on any atom is 0.303 e. The lowest BCUT2D eigenvalue weighted by Gasteiger charge is -2.01. The minimum atomic E-state index is -0.810. The minimum Gasteiger partial charge on any atom is -0.481 e. The van der Waals surface area contributed by atoms with Crippen molar-refractivity contribution in [1.29, 1.82) is 0 Å². The second kappa shape index (κ2) is 9.22. The number of benzene rings is 1. The predicted molar refractivity (Wildman–Crippen MR) is 69.7 cm³/mol. The highest BCUT2D eigenvalue weighted by Crippen LogP contribution is 2.08. The Balaban J connectivity index is 0.00000137. The second-order valence-corrected chi connectivity index (χ2v) is 3.60. The number of hydrogen-bond acceptors (Lipinski definition) is 2. The molecule has 0 aliphatic carbocycles. The molecule has 4 heteroatoms. The third kappa shape index (κ3) is 7.44. The highest BCUT2D eigenvalue weighted by molar-refractivity contribution is 5.67. The first-order valence-corrected chi connectivity index (χ1v) is 6.09. The molecule has 2 N–H and O–H groups in total. The van der Waals surface area contributed by atoms with E-state index in [4.69, 9.17) is 10.2 Å². The fourth-order valence-corrected chi connectivity index (χ4v) is 1.38. The summed E-state index contributed by atoms with van der Waals surface area (Å²) in [6, 6.07) is 7.39. The van der Waals surface area contributed by atoms with Crippen molar-refractivity contribution in [3.63, 3.8) is 0 Å². The summed E-state index contributed by atoms with van der Waals surface area (Å²) in [7, 11) is 0. The Morgan fingerprint density at radius 3 is 1.33 bits per heavy atom. The van der Waals surface area contributed by atoms with Crippen molar-refractivity contribution in [1.82, 2.24) is 0 Å². The van der Waals surface area contributed by atoms with Crippen LogP contribution in [0.15, 0.2) is 24.3 Å². The van der Waals surface area contributed by atoms with Gasteiger partial charge in [-0.05, 0) is 24.0 Å². The summed E-state index contributed by atoms with van der Waals surface area (Å²) in [5, 5.41) is 17.0. The highest BCUT2D eigenvalue weighted by atomic mass is 16.4. The minimum absolute atomic E-state index is 0.120. The average Bonchev–Trinajstić information content (AvgIpc) is 2.37. The fourth-order valence-electron chi connectivity index (χ4n) is 1.38. The molecule has 100 valence electrons. The molecular weight excluding hydrogens is 232 g/mol. The summed E-state index contributed by atoms with van der Waals surface area (Å²) in [6.45, 7) is 4.00. The number of aliphatic carboxylic acids is 2. The molecule has 0 aliphatic heterocycles. The van der Waals surface area contributed by atoms with Crippen LogP contribution in [0.25, 0.3) is 0 Å². The first kappa shape index (κ1) is 16.2. The van der Waals surface area contributed by atoms with Gasteiger partial charge in [-0.25, -0.2) is 0 Å². The van der Waals surface area contributed by atoms with Gasteiger partial charge in [-0.2, -0.15) is 0 Å². The molecule has 0 spiro atoms. The van der Waals surface area contributed by atoms with E-state index in [1.165, 1.54) is 0 Å². The number of rotatable bonds is 6. The molecule has 0 saturated heterocycles. The van der Waals surface area contributed by atoms with Crippen molar-refractivity contribution >= 4 is 11.9 Å². The molecular formula is C14H20O4. The molecule has 0 saturated carbocycles. The number of carbonyl (C=O) groups is 2. The van der Waals surface area contributed by atoms with Crippen LogP contribution >= 0.6 is 0 Å². The van der Waals surface area contributed by atoms with Crippen LogP contribution in [0.4, 0.5) is 0 Å². The van der Waals surface area contributed by atoms with Crippen molar-refractivity contribution in [2.75, 3.05) is 0 Å². The van der Waals surface area contributed by atoms with Crippen LogP contribution in [0.1, 0.15) is 37.8 Å². The van der Waals surface area contributed by atoms with Gasteiger partial charge in [0.1, 0.15) is 0 Å². The van der Waals surface area contributed by atoms with Crippen molar-refractivity contribution < 1.29 is 19.8 Å². The quantitative estimate of drug-likeness (QED) is 0.816. The van der Waals surface area contributed by atoms with E-state index in [0.29, 0.717) is 12.8 Å². The Bertz CT molecular complexity index is 331. The fraction of sp³-hybridized carbons (Fsp3) is 0.429.